The minimum Gasteiger partial charge on any atom is -0.304 e. The highest BCUT2D eigenvalue weighted by molar-refractivity contribution is 5.33. The molecule has 0 aliphatic carbocycles. The smallest absolute Gasteiger partial charge is 0.124 e. The Labute approximate surface area is 110 Å². The van der Waals surface area contributed by atoms with Crippen molar-refractivity contribution >= 4 is 0 Å². The summed E-state index contributed by atoms with van der Waals surface area (Å²) in [7, 11) is 2.14. The first kappa shape index (κ1) is 13.1. The number of benzene rings is 1. The van der Waals surface area contributed by atoms with E-state index in [4.69, 9.17) is 0 Å². The lowest BCUT2D eigenvalue weighted by molar-refractivity contribution is 0.132. The van der Waals surface area contributed by atoms with Crippen LogP contribution in [0.5, 0.6) is 0 Å². The standard InChI is InChI=1S/C15H21N3/c1-3-13-6-4-5-7-14(13)15(12-16)18-10-8-17(2)9-11-18/h4-7,15H,3,8-11H2,1-2H3. The zero-order valence-corrected chi connectivity index (χ0v) is 11.3. The lowest BCUT2D eigenvalue weighted by Gasteiger charge is -2.35. The number of nitriles is 1. The maximum atomic E-state index is 9.51. The molecule has 1 aliphatic rings. The molecule has 1 atom stereocenters. The van der Waals surface area contributed by atoms with E-state index in [1.54, 1.807) is 0 Å². The summed E-state index contributed by atoms with van der Waals surface area (Å²) in [6, 6.07) is 10.7. The van der Waals surface area contributed by atoms with Gasteiger partial charge in [0.1, 0.15) is 6.04 Å². The summed E-state index contributed by atoms with van der Waals surface area (Å²) >= 11 is 0. The predicted octanol–water partition coefficient (Wildman–Crippen LogP) is 2.06. The molecule has 1 aliphatic heterocycles. The highest BCUT2D eigenvalue weighted by Crippen LogP contribution is 2.24. The molecule has 3 nitrogen and oxygen atoms in total. The molecule has 0 bridgehead atoms. The minimum atomic E-state index is -0.0881. The number of hydrogen-bond donors (Lipinski definition) is 0. The fourth-order valence-electron chi connectivity index (χ4n) is 2.55. The van der Waals surface area contributed by atoms with Crippen molar-refractivity contribution in [2.45, 2.75) is 19.4 Å². The van der Waals surface area contributed by atoms with Crippen LogP contribution in [0.25, 0.3) is 0 Å². The Morgan fingerprint density at radius 3 is 2.50 bits per heavy atom. The van der Waals surface area contributed by atoms with Crippen LogP contribution in [0.2, 0.25) is 0 Å². The van der Waals surface area contributed by atoms with E-state index in [1.165, 1.54) is 11.1 Å². The average Bonchev–Trinajstić information content (AvgIpc) is 2.42. The summed E-state index contributed by atoms with van der Waals surface area (Å²) in [4.78, 5) is 4.62. The summed E-state index contributed by atoms with van der Waals surface area (Å²) in [6.45, 7) is 6.20. The van der Waals surface area contributed by atoms with Crippen molar-refractivity contribution in [1.82, 2.24) is 9.80 Å². The molecule has 96 valence electrons. The maximum absolute atomic E-state index is 9.51. The van der Waals surface area contributed by atoms with Crippen LogP contribution in [-0.4, -0.2) is 43.0 Å². The molecule has 1 fully saturated rings. The molecular formula is C15H21N3. The van der Waals surface area contributed by atoms with Crippen molar-refractivity contribution < 1.29 is 0 Å². The summed E-state index contributed by atoms with van der Waals surface area (Å²) in [5.74, 6) is 0. The molecule has 0 radical (unpaired) electrons. The highest BCUT2D eigenvalue weighted by atomic mass is 15.3. The van der Waals surface area contributed by atoms with Crippen molar-refractivity contribution in [3.8, 4) is 6.07 Å². The summed E-state index contributed by atoms with van der Waals surface area (Å²) in [5, 5.41) is 9.51. The molecule has 1 aromatic rings. The van der Waals surface area contributed by atoms with Gasteiger partial charge >= 0.3 is 0 Å². The molecule has 0 N–H and O–H groups in total. The van der Waals surface area contributed by atoms with Gasteiger partial charge in [-0.25, -0.2) is 0 Å². The lowest BCUT2D eigenvalue weighted by Crippen LogP contribution is -2.45. The van der Waals surface area contributed by atoms with E-state index in [2.05, 4.69) is 48.0 Å². The topological polar surface area (TPSA) is 30.3 Å². The van der Waals surface area contributed by atoms with Gasteiger partial charge < -0.3 is 4.90 Å². The Morgan fingerprint density at radius 2 is 1.89 bits per heavy atom. The molecule has 0 spiro atoms. The molecule has 0 aromatic heterocycles. The molecule has 1 saturated heterocycles. The van der Waals surface area contributed by atoms with Gasteiger partial charge in [-0.2, -0.15) is 5.26 Å². The summed E-state index contributed by atoms with van der Waals surface area (Å²) in [5.41, 5.74) is 2.48. The fourth-order valence-corrected chi connectivity index (χ4v) is 2.55. The maximum Gasteiger partial charge on any atom is 0.124 e. The van der Waals surface area contributed by atoms with Gasteiger partial charge in [0.2, 0.25) is 0 Å². The van der Waals surface area contributed by atoms with E-state index in [9.17, 15) is 5.26 Å². The van der Waals surface area contributed by atoms with E-state index in [0.29, 0.717) is 0 Å². The van der Waals surface area contributed by atoms with Crippen molar-refractivity contribution in [1.29, 1.82) is 5.26 Å². The van der Waals surface area contributed by atoms with Crippen molar-refractivity contribution in [2.75, 3.05) is 33.2 Å². The van der Waals surface area contributed by atoms with E-state index in [-0.39, 0.29) is 6.04 Å². The SMILES string of the molecule is CCc1ccccc1C(C#N)N1CCN(C)CC1. The second-order valence-electron chi connectivity index (χ2n) is 4.92. The van der Waals surface area contributed by atoms with Gasteiger partial charge in [-0.3, -0.25) is 4.90 Å². The predicted molar refractivity (Wildman–Crippen MR) is 73.2 cm³/mol. The molecule has 3 heteroatoms. The van der Waals surface area contributed by atoms with Crippen LogP contribution in [0.3, 0.4) is 0 Å². The third kappa shape index (κ3) is 2.72. The second-order valence-corrected chi connectivity index (χ2v) is 4.92. The average molecular weight is 243 g/mol. The second kappa shape index (κ2) is 5.99. The van der Waals surface area contributed by atoms with Gasteiger partial charge in [-0.1, -0.05) is 31.2 Å². The highest BCUT2D eigenvalue weighted by Gasteiger charge is 2.24. The van der Waals surface area contributed by atoms with Crippen LogP contribution in [0.1, 0.15) is 24.1 Å². The Balaban J connectivity index is 2.20. The van der Waals surface area contributed by atoms with Gasteiger partial charge in [0.05, 0.1) is 6.07 Å². The molecule has 2 rings (SSSR count). The zero-order chi connectivity index (χ0) is 13.0. The van der Waals surface area contributed by atoms with Crippen molar-refractivity contribution in [3.05, 3.63) is 35.4 Å². The third-order valence-electron chi connectivity index (χ3n) is 3.76. The van der Waals surface area contributed by atoms with Crippen LogP contribution >= 0.6 is 0 Å². The van der Waals surface area contributed by atoms with Gasteiger partial charge in [-0.05, 0) is 24.6 Å². The fraction of sp³-hybridized carbons (Fsp3) is 0.533. The van der Waals surface area contributed by atoms with Gasteiger partial charge in [0, 0.05) is 26.2 Å². The molecule has 1 heterocycles. The van der Waals surface area contributed by atoms with E-state index >= 15 is 0 Å². The van der Waals surface area contributed by atoms with Crippen molar-refractivity contribution in [3.63, 3.8) is 0 Å². The third-order valence-corrected chi connectivity index (χ3v) is 3.76. The first-order valence-corrected chi connectivity index (χ1v) is 6.66. The van der Waals surface area contributed by atoms with Crippen LogP contribution in [-0.2, 0) is 6.42 Å². The summed E-state index contributed by atoms with van der Waals surface area (Å²) in [6.07, 6.45) is 0.988. The quantitative estimate of drug-likeness (QED) is 0.814. The Hall–Kier alpha value is -1.37. The number of rotatable bonds is 3. The Bertz CT molecular complexity index is 428. The first-order valence-electron chi connectivity index (χ1n) is 6.66. The Morgan fingerprint density at radius 1 is 1.22 bits per heavy atom. The normalized spacial score (nSPS) is 19.4. The molecule has 1 unspecified atom stereocenters. The molecule has 1 aromatic carbocycles. The minimum absolute atomic E-state index is 0.0881. The lowest BCUT2D eigenvalue weighted by atomic mass is 9.98. The van der Waals surface area contributed by atoms with Crippen LogP contribution in [0.4, 0.5) is 0 Å². The molecule has 0 amide bonds. The van der Waals surface area contributed by atoms with Gasteiger partial charge in [0.25, 0.3) is 0 Å². The van der Waals surface area contributed by atoms with Crippen molar-refractivity contribution in [2.24, 2.45) is 0 Å². The first-order chi connectivity index (χ1) is 8.76. The van der Waals surface area contributed by atoms with Gasteiger partial charge in [-0.15, -0.1) is 0 Å². The van der Waals surface area contributed by atoms with Crippen LogP contribution < -0.4 is 0 Å². The molecule has 18 heavy (non-hydrogen) atoms. The summed E-state index contributed by atoms with van der Waals surface area (Å²) < 4.78 is 0. The number of nitrogens with zero attached hydrogens (tertiary/aromatic N) is 3. The van der Waals surface area contributed by atoms with E-state index in [1.807, 2.05) is 6.07 Å². The van der Waals surface area contributed by atoms with Crippen LogP contribution in [0.15, 0.2) is 24.3 Å². The van der Waals surface area contributed by atoms with Gasteiger partial charge in [0.15, 0.2) is 0 Å². The molecule has 0 saturated carbocycles. The number of hydrogen-bond acceptors (Lipinski definition) is 3. The largest absolute Gasteiger partial charge is 0.304 e. The zero-order valence-electron chi connectivity index (χ0n) is 11.3. The van der Waals surface area contributed by atoms with E-state index in [0.717, 1.165) is 32.6 Å². The molecular weight excluding hydrogens is 222 g/mol. The number of aryl methyl sites for hydroxylation is 1. The monoisotopic (exact) mass is 243 g/mol. The van der Waals surface area contributed by atoms with Crippen LogP contribution in [0, 0.1) is 11.3 Å². The van der Waals surface area contributed by atoms with E-state index < -0.39 is 0 Å². The Kier molecular flexibility index (Phi) is 4.35. The number of likely N-dealkylation sites (N-methyl/N-ethyl adjacent to an activating group) is 1. The number of piperazine rings is 1.